The molecule has 66 valence electrons. The third-order valence-corrected chi connectivity index (χ3v) is 2.40. The highest BCUT2D eigenvalue weighted by Gasteiger charge is 2.11. The maximum absolute atomic E-state index is 10.9. The first-order chi connectivity index (χ1) is 4.86. The molecule has 0 aromatic rings. The third kappa shape index (κ3) is 3.91. The standard InChI is InChI=1S/C4H12N4O2S/c1-8(2)11(9,10)7-3-4(5)6/h7H,3H2,1-2H3,(H3,5,6). The van der Waals surface area contributed by atoms with Crippen LogP contribution in [0.5, 0.6) is 0 Å². The van der Waals surface area contributed by atoms with Crippen molar-refractivity contribution in [1.82, 2.24) is 9.03 Å². The lowest BCUT2D eigenvalue weighted by Gasteiger charge is -2.10. The molecule has 0 bridgehead atoms. The van der Waals surface area contributed by atoms with E-state index in [0.717, 1.165) is 4.31 Å². The van der Waals surface area contributed by atoms with Crippen LogP contribution in [-0.4, -0.2) is 39.2 Å². The lowest BCUT2D eigenvalue weighted by molar-refractivity contribution is 0.510. The van der Waals surface area contributed by atoms with Gasteiger partial charge in [0.2, 0.25) is 0 Å². The van der Waals surface area contributed by atoms with E-state index in [1.54, 1.807) is 0 Å². The number of rotatable bonds is 4. The first kappa shape index (κ1) is 10.3. The number of nitrogens with zero attached hydrogens (tertiary/aromatic N) is 1. The molecule has 7 heteroatoms. The highest BCUT2D eigenvalue weighted by molar-refractivity contribution is 7.87. The largest absolute Gasteiger partial charge is 0.387 e. The van der Waals surface area contributed by atoms with Gasteiger partial charge >= 0.3 is 0 Å². The van der Waals surface area contributed by atoms with Crippen molar-refractivity contribution in [2.75, 3.05) is 20.6 Å². The van der Waals surface area contributed by atoms with Gasteiger partial charge in [-0.25, -0.2) is 0 Å². The minimum Gasteiger partial charge on any atom is -0.387 e. The normalized spacial score (nSPS) is 11.9. The molecule has 11 heavy (non-hydrogen) atoms. The number of hydrogen-bond acceptors (Lipinski definition) is 3. The van der Waals surface area contributed by atoms with Crippen LogP contribution in [0.1, 0.15) is 0 Å². The van der Waals surface area contributed by atoms with Gasteiger partial charge in [0.1, 0.15) is 5.84 Å². The molecule has 0 radical (unpaired) electrons. The molecule has 0 heterocycles. The van der Waals surface area contributed by atoms with Gasteiger partial charge in [0.15, 0.2) is 0 Å². The quantitative estimate of drug-likeness (QED) is 0.356. The van der Waals surface area contributed by atoms with Crippen molar-refractivity contribution in [3.05, 3.63) is 0 Å². The van der Waals surface area contributed by atoms with Gasteiger partial charge in [0.25, 0.3) is 10.2 Å². The Labute approximate surface area is 66.1 Å². The second-order valence-electron chi connectivity index (χ2n) is 2.13. The summed E-state index contributed by atoms with van der Waals surface area (Å²) in [5.41, 5.74) is 4.94. The van der Waals surface area contributed by atoms with E-state index in [2.05, 4.69) is 4.72 Å². The number of nitrogens with two attached hydrogens (primary N) is 1. The second-order valence-corrected chi connectivity index (χ2v) is 4.10. The fourth-order valence-corrected chi connectivity index (χ4v) is 0.894. The fraction of sp³-hybridized carbons (Fsp3) is 0.750. The maximum Gasteiger partial charge on any atom is 0.279 e. The van der Waals surface area contributed by atoms with E-state index in [1.165, 1.54) is 14.1 Å². The molecule has 0 aliphatic carbocycles. The van der Waals surface area contributed by atoms with Crippen LogP contribution in [0, 0.1) is 5.41 Å². The predicted molar refractivity (Wildman–Crippen MR) is 42.5 cm³/mol. The molecule has 0 rings (SSSR count). The molecular weight excluding hydrogens is 168 g/mol. The molecular formula is C4H12N4O2S. The zero-order chi connectivity index (χ0) is 9.07. The Balaban J connectivity index is 4.05. The Bertz CT molecular complexity index is 232. The molecule has 0 aliphatic rings. The Hall–Kier alpha value is -0.660. The lowest BCUT2D eigenvalue weighted by Crippen LogP contribution is -2.40. The van der Waals surface area contributed by atoms with E-state index in [1.807, 2.05) is 0 Å². The smallest absolute Gasteiger partial charge is 0.279 e. The topological polar surface area (TPSA) is 99.3 Å². The molecule has 0 fully saturated rings. The van der Waals surface area contributed by atoms with Crippen molar-refractivity contribution in [2.24, 2.45) is 5.73 Å². The molecule has 0 saturated carbocycles. The summed E-state index contributed by atoms with van der Waals surface area (Å²) in [6.45, 7) is -0.152. The predicted octanol–water partition coefficient (Wildman–Crippen LogP) is -1.68. The zero-order valence-electron chi connectivity index (χ0n) is 6.46. The summed E-state index contributed by atoms with van der Waals surface area (Å²) in [7, 11) is -0.648. The maximum atomic E-state index is 10.9. The Morgan fingerprint density at radius 1 is 1.64 bits per heavy atom. The van der Waals surface area contributed by atoms with E-state index in [-0.39, 0.29) is 12.4 Å². The van der Waals surface area contributed by atoms with Crippen LogP contribution < -0.4 is 10.5 Å². The van der Waals surface area contributed by atoms with E-state index < -0.39 is 10.2 Å². The number of hydrogen-bond donors (Lipinski definition) is 3. The average Bonchev–Trinajstić information content (AvgIpc) is 1.84. The minimum absolute atomic E-state index is 0.152. The van der Waals surface area contributed by atoms with Crippen molar-refractivity contribution in [3.63, 3.8) is 0 Å². The van der Waals surface area contributed by atoms with Gasteiger partial charge in [0, 0.05) is 14.1 Å². The first-order valence-corrected chi connectivity index (χ1v) is 4.30. The van der Waals surface area contributed by atoms with Gasteiger partial charge < -0.3 is 5.73 Å². The monoisotopic (exact) mass is 180 g/mol. The van der Waals surface area contributed by atoms with Gasteiger partial charge in [-0.05, 0) is 0 Å². The lowest BCUT2D eigenvalue weighted by atomic mass is 10.6. The highest BCUT2D eigenvalue weighted by atomic mass is 32.2. The molecule has 0 unspecified atom stereocenters. The van der Waals surface area contributed by atoms with Gasteiger partial charge in [-0.2, -0.15) is 17.4 Å². The molecule has 4 N–H and O–H groups in total. The summed E-state index contributed by atoms with van der Waals surface area (Å²) in [6, 6.07) is 0. The molecule has 0 spiro atoms. The van der Waals surface area contributed by atoms with Crippen molar-refractivity contribution < 1.29 is 8.42 Å². The van der Waals surface area contributed by atoms with Gasteiger partial charge in [-0.15, -0.1) is 0 Å². The van der Waals surface area contributed by atoms with Crippen LogP contribution in [0.25, 0.3) is 0 Å². The van der Waals surface area contributed by atoms with Crippen LogP contribution in [0.3, 0.4) is 0 Å². The summed E-state index contributed by atoms with van der Waals surface area (Å²) in [6.07, 6.45) is 0. The van der Waals surface area contributed by atoms with Crippen LogP contribution >= 0.6 is 0 Å². The summed E-state index contributed by atoms with van der Waals surface area (Å²) in [5.74, 6) is -0.213. The van der Waals surface area contributed by atoms with E-state index in [9.17, 15) is 8.42 Å². The molecule has 0 atom stereocenters. The van der Waals surface area contributed by atoms with Crippen LogP contribution in [0.2, 0.25) is 0 Å². The third-order valence-electron chi connectivity index (χ3n) is 0.926. The molecule has 0 aromatic carbocycles. The molecule has 0 aromatic heterocycles. The Morgan fingerprint density at radius 3 is 2.36 bits per heavy atom. The van der Waals surface area contributed by atoms with Crippen molar-refractivity contribution in [3.8, 4) is 0 Å². The fourth-order valence-electron chi connectivity index (χ4n) is 0.298. The van der Waals surface area contributed by atoms with E-state index in [4.69, 9.17) is 11.1 Å². The van der Waals surface area contributed by atoms with Crippen LogP contribution in [0.4, 0.5) is 0 Å². The van der Waals surface area contributed by atoms with Crippen molar-refractivity contribution >= 4 is 16.0 Å². The number of nitrogens with one attached hydrogen (secondary N) is 2. The molecule has 0 amide bonds. The summed E-state index contributed by atoms with van der Waals surface area (Å²) < 4.78 is 24.9. The van der Waals surface area contributed by atoms with E-state index >= 15 is 0 Å². The van der Waals surface area contributed by atoms with Gasteiger partial charge in [-0.1, -0.05) is 0 Å². The van der Waals surface area contributed by atoms with E-state index in [0.29, 0.717) is 0 Å². The first-order valence-electron chi connectivity index (χ1n) is 2.86. The van der Waals surface area contributed by atoms with Crippen molar-refractivity contribution in [1.29, 1.82) is 5.41 Å². The van der Waals surface area contributed by atoms with Crippen LogP contribution in [-0.2, 0) is 10.2 Å². The zero-order valence-corrected chi connectivity index (χ0v) is 7.27. The summed E-state index contributed by atoms with van der Waals surface area (Å²) in [4.78, 5) is 0. The molecule has 6 nitrogen and oxygen atoms in total. The van der Waals surface area contributed by atoms with Crippen molar-refractivity contribution in [2.45, 2.75) is 0 Å². The molecule has 0 aliphatic heterocycles. The number of amidine groups is 1. The minimum atomic E-state index is -3.43. The SMILES string of the molecule is CN(C)S(=O)(=O)NCC(=N)N. The Kier molecular flexibility index (Phi) is 3.43. The molecule has 0 saturated heterocycles. The summed E-state index contributed by atoms with van der Waals surface area (Å²) in [5, 5.41) is 6.75. The average molecular weight is 180 g/mol. The van der Waals surface area contributed by atoms with Gasteiger partial charge in [-0.3, -0.25) is 5.41 Å². The summed E-state index contributed by atoms with van der Waals surface area (Å²) >= 11 is 0. The highest BCUT2D eigenvalue weighted by Crippen LogP contribution is 1.85. The second kappa shape index (κ2) is 3.65. The van der Waals surface area contributed by atoms with Gasteiger partial charge in [0.05, 0.1) is 6.54 Å². The Morgan fingerprint density at radius 2 is 2.09 bits per heavy atom. The van der Waals surface area contributed by atoms with Crippen LogP contribution in [0.15, 0.2) is 0 Å².